The van der Waals surface area contributed by atoms with Crippen molar-refractivity contribution in [3.8, 4) is 0 Å². The first-order chi connectivity index (χ1) is 8.94. The first-order valence-electron chi connectivity index (χ1n) is 6.57. The Bertz CT molecular complexity index is 524. The summed E-state index contributed by atoms with van der Waals surface area (Å²) in [5.74, 6) is 0.218. The molecule has 2 rings (SSSR count). The normalized spacial score (nSPS) is 20.7. The van der Waals surface area contributed by atoms with Crippen LogP contribution in [0, 0.1) is 0 Å². The number of aromatic nitrogens is 2. The van der Waals surface area contributed by atoms with Crippen LogP contribution in [0.3, 0.4) is 0 Å². The second-order valence-corrected chi connectivity index (χ2v) is 7.41. The Morgan fingerprint density at radius 1 is 1.47 bits per heavy atom. The zero-order valence-electron chi connectivity index (χ0n) is 11.8. The fourth-order valence-electron chi connectivity index (χ4n) is 2.52. The van der Waals surface area contributed by atoms with E-state index in [0.29, 0.717) is 19.5 Å². The number of hydrogen-bond acceptors (Lipinski definition) is 4. The third-order valence-electron chi connectivity index (χ3n) is 3.32. The Morgan fingerprint density at radius 2 is 2.21 bits per heavy atom. The average Bonchev–Trinajstić information content (AvgIpc) is 2.76. The highest BCUT2D eigenvalue weighted by atomic mass is 32.2. The van der Waals surface area contributed by atoms with Gasteiger partial charge < -0.3 is 9.47 Å². The van der Waals surface area contributed by atoms with Gasteiger partial charge in [-0.3, -0.25) is 0 Å². The van der Waals surface area contributed by atoms with E-state index in [0.717, 1.165) is 12.2 Å². The quantitative estimate of drug-likeness (QED) is 0.793. The maximum absolute atomic E-state index is 12.2. The molecule has 0 amide bonds. The maximum Gasteiger partial charge on any atom is 0.214 e. The molecule has 1 atom stereocenters. The summed E-state index contributed by atoms with van der Waals surface area (Å²) in [4.78, 5) is 6.22. The second-order valence-electron chi connectivity index (χ2n) is 5.32. The maximum atomic E-state index is 12.2. The van der Waals surface area contributed by atoms with Crippen molar-refractivity contribution in [1.29, 1.82) is 0 Å². The van der Waals surface area contributed by atoms with Gasteiger partial charge >= 0.3 is 0 Å². The van der Waals surface area contributed by atoms with Gasteiger partial charge in [-0.1, -0.05) is 6.92 Å². The summed E-state index contributed by atoms with van der Waals surface area (Å²) >= 11 is 0. The van der Waals surface area contributed by atoms with Crippen molar-refractivity contribution < 1.29 is 8.42 Å². The monoisotopic (exact) mass is 286 g/mol. The molecule has 0 radical (unpaired) electrons. The minimum absolute atomic E-state index is 0.132. The van der Waals surface area contributed by atoms with Crippen molar-refractivity contribution >= 4 is 10.0 Å². The van der Waals surface area contributed by atoms with Crippen LogP contribution in [-0.2, 0) is 16.6 Å². The molecule has 1 aromatic rings. The van der Waals surface area contributed by atoms with Gasteiger partial charge in [-0.05, 0) is 20.5 Å². The Hall–Kier alpha value is -0.920. The summed E-state index contributed by atoms with van der Waals surface area (Å²) in [6, 6.07) is 0.132. The molecule has 2 heterocycles. The first kappa shape index (κ1) is 14.5. The molecule has 0 spiro atoms. The van der Waals surface area contributed by atoms with Crippen LogP contribution in [0.15, 0.2) is 12.5 Å². The minimum atomic E-state index is -3.15. The predicted octanol–water partition coefficient (Wildman–Crippen LogP) is 0.541. The Kier molecular flexibility index (Phi) is 4.27. The van der Waals surface area contributed by atoms with E-state index < -0.39 is 10.0 Å². The van der Waals surface area contributed by atoms with Gasteiger partial charge in [-0.15, -0.1) is 0 Å². The van der Waals surface area contributed by atoms with E-state index in [1.807, 2.05) is 21.0 Å². The van der Waals surface area contributed by atoms with Gasteiger partial charge in [0.15, 0.2) is 0 Å². The van der Waals surface area contributed by atoms with Gasteiger partial charge in [-0.2, -0.15) is 4.31 Å². The van der Waals surface area contributed by atoms with Crippen LogP contribution < -0.4 is 0 Å². The molecule has 1 aromatic heterocycles. The van der Waals surface area contributed by atoms with E-state index in [1.165, 1.54) is 0 Å². The van der Waals surface area contributed by atoms with E-state index in [2.05, 4.69) is 14.5 Å². The Morgan fingerprint density at radius 3 is 2.84 bits per heavy atom. The fraction of sp³-hybridized carbons (Fsp3) is 0.750. The zero-order chi connectivity index (χ0) is 14.0. The summed E-state index contributed by atoms with van der Waals surface area (Å²) in [7, 11) is 0.843. The van der Waals surface area contributed by atoms with Crippen LogP contribution in [0.2, 0.25) is 0 Å². The fourth-order valence-corrected chi connectivity index (χ4v) is 4.02. The molecule has 0 saturated heterocycles. The summed E-state index contributed by atoms with van der Waals surface area (Å²) in [6.45, 7) is 3.67. The van der Waals surface area contributed by atoms with Gasteiger partial charge in [0.2, 0.25) is 10.0 Å². The Labute approximate surface area is 115 Å². The number of fused-ring (bicyclic) bond motifs is 1. The summed E-state index contributed by atoms with van der Waals surface area (Å²) < 4.78 is 28.2. The Balaban J connectivity index is 2.24. The second kappa shape index (κ2) is 5.60. The number of sulfonamides is 1. The molecule has 1 aliphatic rings. The molecule has 108 valence electrons. The van der Waals surface area contributed by atoms with Gasteiger partial charge in [0.05, 0.1) is 30.4 Å². The molecule has 0 unspecified atom stereocenters. The van der Waals surface area contributed by atoms with Crippen LogP contribution in [-0.4, -0.2) is 60.1 Å². The summed E-state index contributed by atoms with van der Waals surface area (Å²) in [6.07, 6.45) is 4.21. The van der Waals surface area contributed by atoms with Crippen molar-refractivity contribution in [3.63, 3.8) is 0 Å². The smallest absolute Gasteiger partial charge is 0.214 e. The average molecular weight is 286 g/mol. The van der Waals surface area contributed by atoms with Crippen molar-refractivity contribution in [2.75, 3.05) is 32.9 Å². The number of imidazole rings is 1. The summed E-state index contributed by atoms with van der Waals surface area (Å²) in [5.41, 5.74) is 0.970. The van der Waals surface area contributed by atoms with E-state index in [-0.39, 0.29) is 11.8 Å². The first-order valence-corrected chi connectivity index (χ1v) is 8.18. The SMILES string of the molecule is CCCS(=O)(=O)N1Cc2cncn2[C@@H](CN(C)C)C1. The van der Waals surface area contributed by atoms with E-state index in [1.54, 1.807) is 16.8 Å². The van der Waals surface area contributed by atoms with Crippen molar-refractivity contribution in [2.24, 2.45) is 0 Å². The van der Waals surface area contributed by atoms with Crippen molar-refractivity contribution in [3.05, 3.63) is 18.2 Å². The highest BCUT2D eigenvalue weighted by molar-refractivity contribution is 7.89. The lowest BCUT2D eigenvalue weighted by atomic mass is 10.2. The molecular weight excluding hydrogens is 264 g/mol. The van der Waals surface area contributed by atoms with Crippen LogP contribution in [0.4, 0.5) is 0 Å². The van der Waals surface area contributed by atoms with Crippen molar-refractivity contribution in [2.45, 2.75) is 25.9 Å². The molecule has 7 heteroatoms. The molecule has 6 nitrogen and oxygen atoms in total. The van der Waals surface area contributed by atoms with E-state index in [9.17, 15) is 8.42 Å². The van der Waals surface area contributed by atoms with Gasteiger partial charge in [-0.25, -0.2) is 13.4 Å². The van der Waals surface area contributed by atoms with Crippen LogP contribution in [0.1, 0.15) is 25.1 Å². The molecule has 0 fully saturated rings. The highest BCUT2D eigenvalue weighted by Gasteiger charge is 2.31. The molecule has 0 bridgehead atoms. The zero-order valence-corrected chi connectivity index (χ0v) is 12.6. The van der Waals surface area contributed by atoms with Crippen LogP contribution in [0.5, 0.6) is 0 Å². The molecule has 0 saturated carbocycles. The summed E-state index contributed by atoms with van der Waals surface area (Å²) in [5, 5.41) is 0. The third kappa shape index (κ3) is 3.16. The molecule has 0 N–H and O–H groups in total. The number of rotatable bonds is 5. The minimum Gasteiger partial charge on any atom is -0.328 e. The molecule has 1 aliphatic heterocycles. The lowest BCUT2D eigenvalue weighted by Gasteiger charge is -2.35. The standard InChI is InChI=1S/C12H22N4O2S/c1-4-5-19(17,18)15-8-11-6-13-10-16(11)12(9-15)7-14(2)3/h6,10,12H,4-5,7-9H2,1-3H3/t12-/m0/s1. The lowest BCUT2D eigenvalue weighted by molar-refractivity contribution is 0.234. The highest BCUT2D eigenvalue weighted by Crippen LogP contribution is 2.24. The molecular formula is C12H22N4O2S. The molecule has 0 aliphatic carbocycles. The van der Waals surface area contributed by atoms with Gasteiger partial charge in [0, 0.05) is 19.3 Å². The van der Waals surface area contributed by atoms with Crippen LogP contribution in [0.25, 0.3) is 0 Å². The molecule has 19 heavy (non-hydrogen) atoms. The lowest BCUT2D eigenvalue weighted by Crippen LogP contribution is -2.44. The largest absolute Gasteiger partial charge is 0.328 e. The predicted molar refractivity (Wildman–Crippen MR) is 74.3 cm³/mol. The van der Waals surface area contributed by atoms with Crippen molar-refractivity contribution in [1.82, 2.24) is 18.8 Å². The topological polar surface area (TPSA) is 58.4 Å². The number of likely N-dealkylation sites (N-methyl/N-ethyl adjacent to an activating group) is 1. The molecule has 0 aromatic carbocycles. The van der Waals surface area contributed by atoms with Crippen LogP contribution >= 0.6 is 0 Å². The van der Waals surface area contributed by atoms with Gasteiger partial charge in [0.25, 0.3) is 0 Å². The number of nitrogens with zero attached hydrogens (tertiary/aromatic N) is 4. The van der Waals surface area contributed by atoms with E-state index in [4.69, 9.17) is 0 Å². The van der Waals surface area contributed by atoms with Gasteiger partial charge in [0.1, 0.15) is 0 Å². The third-order valence-corrected chi connectivity index (χ3v) is 5.31. The number of hydrogen-bond donors (Lipinski definition) is 0. The van der Waals surface area contributed by atoms with E-state index >= 15 is 0 Å².